The van der Waals surface area contributed by atoms with Crippen molar-refractivity contribution in [2.45, 2.75) is 32.2 Å². The minimum absolute atomic E-state index is 0.452. The van der Waals surface area contributed by atoms with E-state index in [-0.39, 0.29) is 0 Å². The summed E-state index contributed by atoms with van der Waals surface area (Å²) in [6, 6.07) is 11.2. The van der Waals surface area contributed by atoms with E-state index in [9.17, 15) is 0 Å². The lowest BCUT2D eigenvalue weighted by molar-refractivity contribution is 0.198. The number of aromatic nitrogens is 4. The number of benzene rings is 1. The van der Waals surface area contributed by atoms with E-state index < -0.39 is 0 Å². The Hall–Kier alpha value is -2.47. The summed E-state index contributed by atoms with van der Waals surface area (Å²) in [7, 11) is 0. The molecule has 0 radical (unpaired) electrons. The first kappa shape index (κ1) is 15.8. The molecule has 0 amide bonds. The molecule has 1 aromatic carbocycles. The second-order valence-corrected chi connectivity index (χ2v) is 7.30. The highest BCUT2D eigenvalue weighted by molar-refractivity contribution is 5.56. The summed E-state index contributed by atoms with van der Waals surface area (Å²) in [6.45, 7) is 6.46. The highest BCUT2D eigenvalue weighted by Crippen LogP contribution is 2.32. The smallest absolute Gasteiger partial charge is 0.254 e. The average Bonchev–Trinajstić information content (AvgIpc) is 3.35. The van der Waals surface area contributed by atoms with Crippen LogP contribution in [0.25, 0.3) is 5.78 Å². The summed E-state index contributed by atoms with van der Waals surface area (Å²) in [5.74, 6) is 1.97. The van der Waals surface area contributed by atoms with Crippen LogP contribution in [0, 0.1) is 0 Å². The van der Waals surface area contributed by atoms with Crippen LogP contribution in [0.2, 0.25) is 0 Å². The van der Waals surface area contributed by atoms with Crippen LogP contribution in [0.3, 0.4) is 0 Å². The maximum atomic E-state index is 4.71. The summed E-state index contributed by atoms with van der Waals surface area (Å²) < 4.78 is 1.94. The van der Waals surface area contributed by atoms with Gasteiger partial charge in [-0.05, 0) is 31.7 Å². The van der Waals surface area contributed by atoms with Gasteiger partial charge in [0.15, 0.2) is 0 Å². The lowest BCUT2D eigenvalue weighted by Crippen LogP contribution is -2.48. The predicted octanol–water partition coefficient (Wildman–Crippen LogP) is 2.50. The summed E-state index contributed by atoms with van der Waals surface area (Å²) in [6.07, 6.45) is 4.98. The van der Waals surface area contributed by atoms with Gasteiger partial charge >= 0.3 is 0 Å². The molecule has 2 aliphatic rings. The number of hydrogen-bond donors (Lipinski definition) is 0. The van der Waals surface area contributed by atoms with E-state index in [0.717, 1.165) is 44.8 Å². The van der Waals surface area contributed by atoms with Crippen molar-refractivity contribution >= 4 is 11.6 Å². The molecule has 6 nitrogen and oxygen atoms in total. The Kier molecular flexibility index (Phi) is 3.85. The fourth-order valence-electron chi connectivity index (χ4n) is 4.39. The number of nitrogens with zero attached hydrogens (tertiary/aromatic N) is 6. The van der Waals surface area contributed by atoms with E-state index in [1.807, 2.05) is 4.52 Å². The second-order valence-electron chi connectivity index (χ2n) is 7.30. The number of fused-ring (bicyclic) bond motifs is 2. The molecule has 0 spiro atoms. The topological polar surface area (TPSA) is 49.6 Å². The molecular weight excluding hydrogens is 324 g/mol. The van der Waals surface area contributed by atoms with Crippen LogP contribution < -0.4 is 4.90 Å². The number of hydrogen-bond acceptors (Lipinski definition) is 5. The van der Waals surface area contributed by atoms with Crippen LogP contribution in [0.15, 0.2) is 36.7 Å². The Labute approximate surface area is 153 Å². The molecule has 26 heavy (non-hydrogen) atoms. The molecule has 5 rings (SSSR count). The minimum atomic E-state index is 0.452. The molecule has 3 aromatic rings. The molecule has 3 heterocycles. The molecule has 1 atom stereocenters. The third kappa shape index (κ3) is 2.56. The van der Waals surface area contributed by atoms with Crippen molar-refractivity contribution in [2.75, 3.05) is 31.1 Å². The zero-order chi connectivity index (χ0) is 17.5. The maximum absolute atomic E-state index is 4.71. The summed E-state index contributed by atoms with van der Waals surface area (Å²) in [5.41, 5.74) is 4.00. The molecule has 0 saturated carbocycles. The van der Waals surface area contributed by atoms with Crippen molar-refractivity contribution in [3.63, 3.8) is 0 Å². The molecule has 0 bridgehead atoms. The van der Waals surface area contributed by atoms with Gasteiger partial charge in [-0.3, -0.25) is 4.90 Å². The Morgan fingerprint density at radius 2 is 1.81 bits per heavy atom. The second kappa shape index (κ2) is 6.36. The fourth-order valence-corrected chi connectivity index (χ4v) is 4.39. The van der Waals surface area contributed by atoms with E-state index >= 15 is 0 Å². The quantitative estimate of drug-likeness (QED) is 0.728. The van der Waals surface area contributed by atoms with E-state index in [4.69, 9.17) is 4.98 Å². The molecule has 1 saturated heterocycles. The van der Waals surface area contributed by atoms with Gasteiger partial charge in [0.25, 0.3) is 5.78 Å². The Balaban J connectivity index is 1.39. The van der Waals surface area contributed by atoms with Crippen molar-refractivity contribution in [1.82, 2.24) is 24.5 Å². The van der Waals surface area contributed by atoms with Gasteiger partial charge < -0.3 is 4.90 Å². The summed E-state index contributed by atoms with van der Waals surface area (Å²) >= 11 is 0. The van der Waals surface area contributed by atoms with Gasteiger partial charge in [-0.2, -0.15) is 14.6 Å². The van der Waals surface area contributed by atoms with E-state index in [0.29, 0.717) is 6.04 Å². The molecule has 134 valence electrons. The number of aryl methyl sites for hydroxylation is 1. The molecular formula is C20H24N6. The number of rotatable bonds is 3. The van der Waals surface area contributed by atoms with E-state index in [1.165, 1.54) is 29.1 Å². The molecule has 1 aliphatic heterocycles. The fraction of sp³-hybridized carbons (Fsp3) is 0.450. The van der Waals surface area contributed by atoms with Gasteiger partial charge in [-0.25, -0.2) is 4.98 Å². The van der Waals surface area contributed by atoms with Gasteiger partial charge in [-0.1, -0.05) is 30.3 Å². The Bertz CT molecular complexity index is 911. The first-order valence-corrected chi connectivity index (χ1v) is 9.56. The van der Waals surface area contributed by atoms with Crippen LogP contribution >= 0.6 is 0 Å². The van der Waals surface area contributed by atoms with Crippen LogP contribution in [0.5, 0.6) is 0 Å². The average molecular weight is 348 g/mol. The van der Waals surface area contributed by atoms with Gasteiger partial charge in [0, 0.05) is 37.8 Å². The van der Waals surface area contributed by atoms with Gasteiger partial charge in [0.05, 0.1) is 5.69 Å². The van der Waals surface area contributed by atoms with Gasteiger partial charge in [0.2, 0.25) is 0 Å². The molecule has 1 unspecified atom stereocenters. The highest BCUT2D eigenvalue weighted by atomic mass is 15.4. The first-order valence-electron chi connectivity index (χ1n) is 9.56. The zero-order valence-corrected chi connectivity index (χ0v) is 15.2. The van der Waals surface area contributed by atoms with Crippen LogP contribution in [0.4, 0.5) is 5.82 Å². The largest absolute Gasteiger partial charge is 0.354 e. The third-order valence-electron chi connectivity index (χ3n) is 5.87. The lowest BCUT2D eigenvalue weighted by Gasteiger charge is -2.39. The SMILES string of the molecule is CC(c1ccccc1)N1CCN(c2c3c(nc4ncnn24)CCC3)CC1. The predicted molar refractivity (Wildman–Crippen MR) is 101 cm³/mol. The Morgan fingerprint density at radius 1 is 1.00 bits per heavy atom. The van der Waals surface area contributed by atoms with E-state index in [2.05, 4.69) is 57.1 Å². The zero-order valence-electron chi connectivity index (χ0n) is 15.2. The van der Waals surface area contributed by atoms with Crippen LogP contribution in [-0.2, 0) is 12.8 Å². The van der Waals surface area contributed by atoms with Crippen molar-refractivity contribution in [1.29, 1.82) is 0 Å². The molecule has 1 fully saturated rings. The highest BCUT2D eigenvalue weighted by Gasteiger charge is 2.28. The minimum Gasteiger partial charge on any atom is -0.354 e. The van der Waals surface area contributed by atoms with Crippen molar-refractivity contribution in [3.05, 3.63) is 53.5 Å². The molecule has 0 N–H and O–H groups in total. The van der Waals surface area contributed by atoms with Crippen molar-refractivity contribution in [2.24, 2.45) is 0 Å². The monoisotopic (exact) mass is 348 g/mol. The standard InChI is InChI=1S/C20H24N6/c1-15(16-6-3-2-4-7-16)24-10-12-25(13-11-24)19-17-8-5-9-18(17)23-20-21-14-22-26(19)20/h2-4,6-7,14-15H,5,8-13H2,1H3. The maximum Gasteiger partial charge on any atom is 0.254 e. The molecule has 2 aromatic heterocycles. The number of piperazine rings is 1. The first-order chi connectivity index (χ1) is 12.8. The lowest BCUT2D eigenvalue weighted by atomic mass is 10.1. The van der Waals surface area contributed by atoms with Crippen LogP contribution in [-0.4, -0.2) is 50.7 Å². The summed E-state index contributed by atoms with van der Waals surface area (Å²) in [5, 5.41) is 4.46. The van der Waals surface area contributed by atoms with Crippen molar-refractivity contribution < 1.29 is 0 Å². The van der Waals surface area contributed by atoms with Crippen molar-refractivity contribution in [3.8, 4) is 0 Å². The molecule has 1 aliphatic carbocycles. The third-order valence-corrected chi connectivity index (χ3v) is 5.87. The van der Waals surface area contributed by atoms with E-state index in [1.54, 1.807) is 6.33 Å². The van der Waals surface area contributed by atoms with Gasteiger partial charge in [0.1, 0.15) is 12.1 Å². The Morgan fingerprint density at radius 3 is 2.62 bits per heavy atom. The van der Waals surface area contributed by atoms with Gasteiger partial charge in [-0.15, -0.1) is 0 Å². The van der Waals surface area contributed by atoms with Crippen LogP contribution in [0.1, 0.15) is 36.2 Å². The molecule has 6 heteroatoms. The normalized spacial score (nSPS) is 19.0. The summed E-state index contributed by atoms with van der Waals surface area (Å²) in [4.78, 5) is 14.1. The number of anilines is 1.